The summed E-state index contributed by atoms with van der Waals surface area (Å²) in [4.78, 5) is 0. The van der Waals surface area contributed by atoms with E-state index >= 15 is 0 Å². The van der Waals surface area contributed by atoms with E-state index in [1.807, 2.05) is 0 Å². The number of hydrogen-bond donors (Lipinski definition) is 0. The molecular formula is C55H38. The summed E-state index contributed by atoms with van der Waals surface area (Å²) in [5.74, 6) is 0. The van der Waals surface area contributed by atoms with Gasteiger partial charge >= 0.3 is 0 Å². The Morgan fingerprint density at radius 2 is 0.727 bits per heavy atom. The molecule has 11 rings (SSSR count). The molecule has 55 heavy (non-hydrogen) atoms. The van der Waals surface area contributed by atoms with Crippen LogP contribution in [0, 0.1) is 0 Å². The highest BCUT2D eigenvalue weighted by atomic mass is 14.4. The normalized spacial score (nSPS) is 13.1. The molecule has 0 heteroatoms. The van der Waals surface area contributed by atoms with E-state index in [1.54, 1.807) is 0 Å². The Bertz CT molecular complexity index is 3100. The van der Waals surface area contributed by atoms with Crippen LogP contribution in [0.25, 0.3) is 98.7 Å². The molecule has 0 bridgehead atoms. The molecular weight excluding hydrogens is 661 g/mol. The van der Waals surface area contributed by atoms with Crippen LogP contribution in [-0.2, 0) is 5.41 Å². The molecule has 0 saturated carbocycles. The average molecular weight is 699 g/mol. The lowest BCUT2D eigenvalue weighted by molar-refractivity contribution is 0.661. The lowest BCUT2D eigenvalue weighted by Crippen LogP contribution is -2.15. The molecule has 0 atom stereocenters. The van der Waals surface area contributed by atoms with Gasteiger partial charge in [0.1, 0.15) is 0 Å². The van der Waals surface area contributed by atoms with Crippen LogP contribution in [0.15, 0.2) is 194 Å². The summed E-state index contributed by atoms with van der Waals surface area (Å²) in [6.07, 6.45) is 0. The second-order valence-corrected chi connectivity index (χ2v) is 15.7. The Labute approximate surface area is 322 Å². The molecule has 258 valence electrons. The number of fused-ring (bicyclic) bond motifs is 7. The van der Waals surface area contributed by atoms with Crippen LogP contribution in [0.2, 0.25) is 0 Å². The third-order valence-corrected chi connectivity index (χ3v) is 12.2. The quantitative estimate of drug-likeness (QED) is 0.161. The molecule has 0 amide bonds. The minimum absolute atomic E-state index is 0.0702. The minimum Gasteiger partial charge on any atom is -0.0616 e. The summed E-state index contributed by atoms with van der Waals surface area (Å²) in [5, 5.41) is 10.2. The van der Waals surface area contributed by atoms with E-state index in [0.717, 1.165) is 0 Å². The smallest absolute Gasteiger partial charge is 0.0159 e. The predicted molar refractivity (Wildman–Crippen MR) is 236 cm³/mol. The van der Waals surface area contributed by atoms with Gasteiger partial charge < -0.3 is 0 Å². The van der Waals surface area contributed by atoms with Crippen molar-refractivity contribution in [2.24, 2.45) is 0 Å². The fourth-order valence-corrected chi connectivity index (χ4v) is 9.40. The third-order valence-electron chi connectivity index (χ3n) is 12.2. The first-order valence-electron chi connectivity index (χ1n) is 19.3. The maximum atomic E-state index is 2.43. The number of hydrogen-bond acceptors (Lipinski definition) is 0. The highest BCUT2D eigenvalue weighted by molar-refractivity contribution is 6.21. The molecule has 1 aliphatic rings. The molecule has 0 nitrogen and oxygen atoms in total. The van der Waals surface area contributed by atoms with Crippen LogP contribution >= 0.6 is 0 Å². The van der Waals surface area contributed by atoms with Gasteiger partial charge in [0.25, 0.3) is 0 Å². The Morgan fingerprint density at radius 3 is 1.40 bits per heavy atom. The van der Waals surface area contributed by atoms with Gasteiger partial charge in [0.05, 0.1) is 0 Å². The van der Waals surface area contributed by atoms with Crippen molar-refractivity contribution in [2.45, 2.75) is 19.3 Å². The standard InChI is InChI=1S/C55H38/c1-55(2)51-34-43(28-29-45(51)50-32-40-14-5-6-15-41(40)33-52(50)55)36-22-25-37(26-23-36)53-46-18-7-9-20-48(46)54(49-21-10-8-19-47(49)53)44-17-11-16-39(31-44)42-27-24-35-12-3-4-13-38(35)30-42/h3-34H,1-2H3. The van der Waals surface area contributed by atoms with Crippen molar-refractivity contribution in [1.82, 2.24) is 0 Å². The average Bonchev–Trinajstić information content (AvgIpc) is 3.46. The second-order valence-electron chi connectivity index (χ2n) is 15.7. The zero-order chi connectivity index (χ0) is 36.7. The molecule has 0 spiro atoms. The van der Waals surface area contributed by atoms with Crippen LogP contribution in [0.1, 0.15) is 25.0 Å². The van der Waals surface area contributed by atoms with Crippen molar-refractivity contribution < 1.29 is 0 Å². The van der Waals surface area contributed by atoms with Crippen molar-refractivity contribution in [1.29, 1.82) is 0 Å². The molecule has 10 aromatic rings. The van der Waals surface area contributed by atoms with Crippen LogP contribution in [-0.4, -0.2) is 0 Å². The van der Waals surface area contributed by atoms with Gasteiger partial charge in [0.2, 0.25) is 0 Å². The molecule has 0 aromatic heterocycles. The lowest BCUT2D eigenvalue weighted by Gasteiger charge is -2.22. The van der Waals surface area contributed by atoms with Gasteiger partial charge in [-0.2, -0.15) is 0 Å². The SMILES string of the molecule is CC1(C)c2cc(-c3ccc(-c4c5ccccc5c(-c5cccc(-c6ccc7ccccc7c6)c5)c5ccccc45)cc3)ccc2-c2cc3ccccc3cc21. The minimum atomic E-state index is -0.0702. The van der Waals surface area contributed by atoms with Crippen molar-refractivity contribution >= 4 is 43.1 Å². The highest BCUT2D eigenvalue weighted by Crippen LogP contribution is 2.51. The molecule has 0 fully saturated rings. The van der Waals surface area contributed by atoms with E-state index in [9.17, 15) is 0 Å². The number of rotatable bonds is 4. The second kappa shape index (κ2) is 12.1. The third kappa shape index (κ3) is 4.99. The van der Waals surface area contributed by atoms with E-state index in [1.165, 1.54) is 110 Å². The molecule has 0 unspecified atom stereocenters. The highest BCUT2D eigenvalue weighted by Gasteiger charge is 2.36. The van der Waals surface area contributed by atoms with Gasteiger partial charge in [-0.25, -0.2) is 0 Å². The molecule has 0 radical (unpaired) electrons. The summed E-state index contributed by atoms with van der Waals surface area (Å²) in [7, 11) is 0. The molecule has 0 saturated heterocycles. The molecule has 1 aliphatic carbocycles. The largest absolute Gasteiger partial charge is 0.0616 e. The first-order chi connectivity index (χ1) is 27.0. The monoisotopic (exact) mass is 698 g/mol. The number of benzene rings is 10. The summed E-state index contributed by atoms with van der Waals surface area (Å²) in [6, 6.07) is 72.2. The van der Waals surface area contributed by atoms with E-state index in [-0.39, 0.29) is 5.41 Å². The molecule has 0 N–H and O–H groups in total. The zero-order valence-electron chi connectivity index (χ0n) is 31.0. The van der Waals surface area contributed by atoms with Gasteiger partial charge in [0, 0.05) is 5.41 Å². The first-order valence-corrected chi connectivity index (χ1v) is 19.3. The fourth-order valence-electron chi connectivity index (χ4n) is 9.40. The summed E-state index contributed by atoms with van der Waals surface area (Å²) in [6.45, 7) is 4.75. The van der Waals surface area contributed by atoms with Crippen molar-refractivity contribution in [3.8, 4) is 55.6 Å². The van der Waals surface area contributed by atoms with Crippen molar-refractivity contribution in [3.05, 3.63) is 205 Å². The molecule has 0 aliphatic heterocycles. The first kappa shape index (κ1) is 31.7. The maximum absolute atomic E-state index is 2.43. The van der Waals surface area contributed by atoms with Gasteiger partial charge in [-0.05, 0) is 140 Å². The van der Waals surface area contributed by atoms with Crippen LogP contribution in [0.5, 0.6) is 0 Å². The lowest BCUT2D eigenvalue weighted by atomic mass is 9.81. The Hall–Kier alpha value is -6.76. The van der Waals surface area contributed by atoms with Crippen LogP contribution in [0.4, 0.5) is 0 Å². The van der Waals surface area contributed by atoms with E-state index in [4.69, 9.17) is 0 Å². The Kier molecular flexibility index (Phi) is 7.00. The van der Waals surface area contributed by atoms with Gasteiger partial charge in [-0.1, -0.05) is 178 Å². The van der Waals surface area contributed by atoms with Crippen molar-refractivity contribution in [2.75, 3.05) is 0 Å². The predicted octanol–water partition coefficient (Wildman–Crippen LogP) is 15.3. The summed E-state index contributed by atoms with van der Waals surface area (Å²) >= 11 is 0. The zero-order valence-corrected chi connectivity index (χ0v) is 31.0. The topological polar surface area (TPSA) is 0 Å². The van der Waals surface area contributed by atoms with E-state index < -0.39 is 0 Å². The molecule has 0 heterocycles. The van der Waals surface area contributed by atoms with Crippen molar-refractivity contribution in [3.63, 3.8) is 0 Å². The van der Waals surface area contributed by atoms with Gasteiger partial charge in [0.15, 0.2) is 0 Å². The van der Waals surface area contributed by atoms with E-state index in [2.05, 4.69) is 208 Å². The van der Waals surface area contributed by atoms with Crippen LogP contribution in [0.3, 0.4) is 0 Å². The van der Waals surface area contributed by atoms with Gasteiger partial charge in [-0.3, -0.25) is 0 Å². The van der Waals surface area contributed by atoms with Crippen LogP contribution < -0.4 is 0 Å². The van der Waals surface area contributed by atoms with E-state index in [0.29, 0.717) is 0 Å². The van der Waals surface area contributed by atoms with Gasteiger partial charge in [-0.15, -0.1) is 0 Å². The summed E-state index contributed by atoms with van der Waals surface area (Å²) in [5.41, 5.74) is 15.4. The molecule has 10 aromatic carbocycles. The Morgan fingerprint density at radius 1 is 0.273 bits per heavy atom. The summed E-state index contributed by atoms with van der Waals surface area (Å²) < 4.78 is 0. The fraction of sp³-hybridized carbons (Fsp3) is 0.0545. The Balaban J connectivity index is 1.01. The maximum Gasteiger partial charge on any atom is 0.0159 e.